The molecule has 3 fully saturated rings. The van der Waals surface area contributed by atoms with Gasteiger partial charge in [-0.05, 0) is 51.4 Å². The highest BCUT2D eigenvalue weighted by molar-refractivity contribution is 6.10. The first-order valence-electron chi connectivity index (χ1n) is 10.7. The predicted octanol–water partition coefficient (Wildman–Crippen LogP) is 2.97. The number of rotatable bonds is 3. The Labute approximate surface area is 165 Å². The number of piperidine rings is 1. The first-order chi connectivity index (χ1) is 13.5. The minimum absolute atomic E-state index is 0.0136. The summed E-state index contributed by atoms with van der Waals surface area (Å²) in [7, 11) is 0. The molecule has 1 unspecified atom stereocenters. The smallest absolute Gasteiger partial charge is 0.258 e. The molecule has 6 nitrogen and oxygen atoms in total. The van der Waals surface area contributed by atoms with E-state index in [0.717, 1.165) is 38.8 Å². The van der Waals surface area contributed by atoms with Crippen LogP contribution in [0.4, 0.5) is 0 Å². The zero-order chi connectivity index (χ0) is 19.5. The van der Waals surface area contributed by atoms with E-state index in [2.05, 4.69) is 0 Å². The van der Waals surface area contributed by atoms with Crippen LogP contribution in [0.2, 0.25) is 0 Å². The van der Waals surface area contributed by atoms with E-state index in [1.807, 2.05) is 4.90 Å². The number of carbonyl (C=O) groups excluding carboxylic acids is 3. The number of hydrogen-bond acceptors (Lipinski definition) is 4. The SMILES string of the molecule is Cc1oc2c(c1C(=O)N1CCC3(CCCN(CC4CC4)C3=O)C1)C(=O)CCC2. The van der Waals surface area contributed by atoms with Gasteiger partial charge in [0.15, 0.2) is 5.78 Å². The second-order valence-corrected chi connectivity index (χ2v) is 9.16. The average molecular weight is 384 g/mol. The van der Waals surface area contributed by atoms with Gasteiger partial charge in [-0.3, -0.25) is 14.4 Å². The van der Waals surface area contributed by atoms with Gasteiger partial charge in [-0.15, -0.1) is 0 Å². The third kappa shape index (κ3) is 2.80. The van der Waals surface area contributed by atoms with Crippen LogP contribution in [-0.2, 0) is 11.2 Å². The van der Waals surface area contributed by atoms with Crippen LogP contribution in [0.15, 0.2) is 4.42 Å². The van der Waals surface area contributed by atoms with E-state index >= 15 is 0 Å². The molecule has 1 aromatic rings. The molecule has 0 bridgehead atoms. The van der Waals surface area contributed by atoms with Crippen LogP contribution in [0.5, 0.6) is 0 Å². The monoisotopic (exact) mass is 384 g/mol. The van der Waals surface area contributed by atoms with Crippen LogP contribution < -0.4 is 0 Å². The van der Waals surface area contributed by atoms with E-state index in [1.54, 1.807) is 11.8 Å². The Morgan fingerprint density at radius 2 is 1.96 bits per heavy atom. The van der Waals surface area contributed by atoms with Crippen LogP contribution in [0, 0.1) is 18.3 Å². The molecule has 0 radical (unpaired) electrons. The molecular formula is C22H28N2O4. The highest BCUT2D eigenvalue weighted by Crippen LogP contribution is 2.42. The van der Waals surface area contributed by atoms with Crippen LogP contribution >= 0.6 is 0 Å². The van der Waals surface area contributed by atoms with Crippen molar-refractivity contribution in [2.24, 2.45) is 11.3 Å². The quantitative estimate of drug-likeness (QED) is 0.803. The first-order valence-corrected chi connectivity index (χ1v) is 10.7. The van der Waals surface area contributed by atoms with Crippen molar-refractivity contribution >= 4 is 17.6 Å². The van der Waals surface area contributed by atoms with E-state index in [9.17, 15) is 14.4 Å². The summed E-state index contributed by atoms with van der Waals surface area (Å²) in [5.41, 5.74) is 0.514. The van der Waals surface area contributed by atoms with Crippen molar-refractivity contribution in [2.45, 2.75) is 58.3 Å². The number of furan rings is 1. The van der Waals surface area contributed by atoms with Gasteiger partial charge in [-0.2, -0.15) is 0 Å². The summed E-state index contributed by atoms with van der Waals surface area (Å²) in [6.07, 6.45) is 7.05. The fraction of sp³-hybridized carbons (Fsp3) is 0.682. The Kier molecular flexibility index (Phi) is 4.14. The Balaban J connectivity index is 1.37. The van der Waals surface area contributed by atoms with Crippen molar-refractivity contribution < 1.29 is 18.8 Å². The van der Waals surface area contributed by atoms with Crippen LogP contribution in [0.25, 0.3) is 0 Å². The summed E-state index contributed by atoms with van der Waals surface area (Å²) in [6.45, 7) is 4.56. The molecule has 0 N–H and O–H groups in total. The summed E-state index contributed by atoms with van der Waals surface area (Å²) in [5, 5.41) is 0. The summed E-state index contributed by atoms with van der Waals surface area (Å²) in [4.78, 5) is 42.9. The Bertz CT molecular complexity index is 853. The molecule has 2 aliphatic heterocycles. The molecule has 1 atom stereocenters. The molecule has 150 valence electrons. The average Bonchev–Trinajstić information content (AvgIpc) is 3.27. The number of aryl methyl sites for hydroxylation is 2. The maximum absolute atomic E-state index is 13.3. The Morgan fingerprint density at radius 1 is 1.14 bits per heavy atom. The molecule has 2 aliphatic carbocycles. The van der Waals surface area contributed by atoms with Crippen LogP contribution in [-0.4, -0.2) is 53.6 Å². The molecule has 2 amide bonds. The molecule has 28 heavy (non-hydrogen) atoms. The Hall–Kier alpha value is -2.11. The largest absolute Gasteiger partial charge is 0.465 e. The number of carbonyl (C=O) groups is 3. The van der Waals surface area contributed by atoms with Gasteiger partial charge in [0.2, 0.25) is 5.91 Å². The minimum atomic E-state index is -0.426. The standard InChI is InChI=1S/C22H28N2O4/c1-14-18(19-16(25)4-2-5-17(19)28-14)20(26)24-11-9-22(13-24)8-3-10-23(21(22)27)12-15-6-7-15/h15H,2-13H2,1H3. The molecule has 0 aromatic carbocycles. The van der Waals surface area contributed by atoms with Gasteiger partial charge in [0.1, 0.15) is 11.5 Å². The van der Waals surface area contributed by atoms with Crippen LogP contribution in [0.1, 0.15) is 77.2 Å². The topological polar surface area (TPSA) is 70.8 Å². The van der Waals surface area contributed by atoms with Crippen molar-refractivity contribution in [3.05, 3.63) is 22.6 Å². The molecular weight excluding hydrogens is 356 g/mol. The summed E-state index contributed by atoms with van der Waals surface area (Å²) < 4.78 is 5.77. The number of amides is 2. The minimum Gasteiger partial charge on any atom is -0.465 e. The fourth-order valence-corrected chi connectivity index (χ4v) is 5.39. The number of hydrogen-bond donors (Lipinski definition) is 0. The molecule has 1 spiro atoms. The number of Topliss-reactive ketones (excluding diaryl/α,β-unsaturated/α-hetero) is 1. The summed E-state index contributed by atoms with van der Waals surface area (Å²) in [6, 6.07) is 0. The lowest BCUT2D eigenvalue weighted by Crippen LogP contribution is -2.51. The number of likely N-dealkylation sites (tertiary alicyclic amines) is 2. The molecule has 1 saturated carbocycles. The lowest BCUT2D eigenvalue weighted by molar-refractivity contribution is -0.145. The molecule has 4 aliphatic rings. The lowest BCUT2D eigenvalue weighted by Gasteiger charge is -2.39. The maximum Gasteiger partial charge on any atom is 0.258 e. The van der Waals surface area contributed by atoms with Gasteiger partial charge in [0, 0.05) is 39.0 Å². The molecule has 1 aromatic heterocycles. The fourth-order valence-electron chi connectivity index (χ4n) is 5.39. The van der Waals surface area contributed by atoms with Gasteiger partial charge >= 0.3 is 0 Å². The number of nitrogens with zero attached hydrogens (tertiary/aromatic N) is 2. The third-order valence-corrected chi connectivity index (χ3v) is 7.10. The molecule has 6 heteroatoms. The normalized spacial score (nSPS) is 27.6. The zero-order valence-electron chi connectivity index (χ0n) is 16.6. The van der Waals surface area contributed by atoms with Gasteiger partial charge in [0.25, 0.3) is 5.91 Å². The Morgan fingerprint density at radius 3 is 2.75 bits per heavy atom. The van der Waals surface area contributed by atoms with E-state index in [0.29, 0.717) is 54.5 Å². The van der Waals surface area contributed by atoms with Crippen molar-refractivity contribution in [1.29, 1.82) is 0 Å². The van der Waals surface area contributed by atoms with E-state index in [1.165, 1.54) is 12.8 Å². The highest BCUT2D eigenvalue weighted by atomic mass is 16.3. The first kappa shape index (κ1) is 18.0. The van der Waals surface area contributed by atoms with E-state index in [4.69, 9.17) is 4.42 Å². The van der Waals surface area contributed by atoms with Gasteiger partial charge < -0.3 is 14.2 Å². The van der Waals surface area contributed by atoms with Crippen molar-refractivity contribution in [2.75, 3.05) is 26.2 Å². The van der Waals surface area contributed by atoms with E-state index < -0.39 is 5.41 Å². The predicted molar refractivity (Wildman–Crippen MR) is 102 cm³/mol. The van der Waals surface area contributed by atoms with Crippen molar-refractivity contribution in [3.8, 4) is 0 Å². The van der Waals surface area contributed by atoms with Crippen molar-refractivity contribution in [3.63, 3.8) is 0 Å². The second kappa shape index (κ2) is 6.46. The zero-order valence-corrected chi connectivity index (χ0v) is 16.6. The van der Waals surface area contributed by atoms with Gasteiger partial charge in [-0.25, -0.2) is 0 Å². The van der Waals surface area contributed by atoms with E-state index in [-0.39, 0.29) is 17.6 Å². The van der Waals surface area contributed by atoms with Gasteiger partial charge in [-0.1, -0.05) is 0 Å². The highest BCUT2D eigenvalue weighted by Gasteiger charge is 2.50. The van der Waals surface area contributed by atoms with Crippen molar-refractivity contribution in [1.82, 2.24) is 9.80 Å². The van der Waals surface area contributed by atoms with Crippen LogP contribution in [0.3, 0.4) is 0 Å². The number of ketones is 1. The third-order valence-electron chi connectivity index (χ3n) is 7.10. The molecule has 3 heterocycles. The summed E-state index contributed by atoms with van der Waals surface area (Å²) in [5.74, 6) is 2.00. The lowest BCUT2D eigenvalue weighted by atomic mass is 9.78. The number of fused-ring (bicyclic) bond motifs is 1. The van der Waals surface area contributed by atoms with Gasteiger partial charge in [0.05, 0.1) is 16.5 Å². The molecule has 5 rings (SSSR count). The molecule has 2 saturated heterocycles. The second-order valence-electron chi connectivity index (χ2n) is 9.16. The maximum atomic E-state index is 13.3. The summed E-state index contributed by atoms with van der Waals surface area (Å²) >= 11 is 0.